The van der Waals surface area contributed by atoms with Gasteiger partial charge in [-0.1, -0.05) is 11.6 Å². The lowest BCUT2D eigenvalue weighted by atomic mass is 10.4. The third-order valence-corrected chi connectivity index (χ3v) is 2.33. The Labute approximate surface area is 105 Å². The SMILES string of the molecule is O=C(Nc1cn[nH]c1Cl)c1ccn(CC(F)F)n1. The molecule has 96 valence electrons. The fourth-order valence-corrected chi connectivity index (χ4v) is 1.41. The molecule has 6 nitrogen and oxygen atoms in total. The van der Waals surface area contributed by atoms with E-state index in [0.29, 0.717) is 5.69 Å². The number of amides is 1. The van der Waals surface area contributed by atoms with Crippen molar-refractivity contribution in [1.82, 2.24) is 20.0 Å². The summed E-state index contributed by atoms with van der Waals surface area (Å²) in [6.45, 7) is -0.556. The van der Waals surface area contributed by atoms with Crippen LogP contribution in [0.2, 0.25) is 5.15 Å². The lowest BCUT2D eigenvalue weighted by Gasteiger charge is -2.00. The molecule has 0 atom stereocenters. The van der Waals surface area contributed by atoms with Crippen LogP contribution in [-0.4, -0.2) is 32.3 Å². The molecule has 0 saturated carbocycles. The van der Waals surface area contributed by atoms with Gasteiger partial charge in [0.1, 0.15) is 11.7 Å². The molecule has 0 unspecified atom stereocenters. The van der Waals surface area contributed by atoms with E-state index in [0.717, 1.165) is 4.68 Å². The van der Waals surface area contributed by atoms with E-state index in [4.69, 9.17) is 11.6 Å². The third-order valence-electron chi connectivity index (χ3n) is 2.04. The van der Waals surface area contributed by atoms with E-state index in [1.165, 1.54) is 18.5 Å². The first-order chi connectivity index (χ1) is 8.56. The lowest BCUT2D eigenvalue weighted by molar-refractivity contribution is 0.101. The zero-order chi connectivity index (χ0) is 13.1. The Bertz CT molecular complexity index is 553. The monoisotopic (exact) mass is 275 g/mol. The number of anilines is 1. The van der Waals surface area contributed by atoms with Crippen LogP contribution in [-0.2, 0) is 6.54 Å². The third kappa shape index (κ3) is 2.83. The smallest absolute Gasteiger partial charge is 0.276 e. The van der Waals surface area contributed by atoms with E-state index in [1.54, 1.807) is 0 Å². The van der Waals surface area contributed by atoms with Gasteiger partial charge in [-0.05, 0) is 6.07 Å². The quantitative estimate of drug-likeness (QED) is 0.893. The van der Waals surface area contributed by atoms with Gasteiger partial charge < -0.3 is 5.32 Å². The summed E-state index contributed by atoms with van der Waals surface area (Å²) >= 11 is 5.69. The van der Waals surface area contributed by atoms with Crippen molar-refractivity contribution in [3.05, 3.63) is 29.3 Å². The molecule has 1 amide bonds. The highest BCUT2D eigenvalue weighted by molar-refractivity contribution is 6.32. The molecule has 2 aromatic rings. The summed E-state index contributed by atoms with van der Waals surface area (Å²) < 4.78 is 25.2. The van der Waals surface area contributed by atoms with Crippen LogP contribution in [0, 0.1) is 0 Å². The zero-order valence-electron chi connectivity index (χ0n) is 8.90. The number of carbonyl (C=O) groups excluding carboxylic acids is 1. The second-order valence-electron chi connectivity index (χ2n) is 3.37. The molecule has 0 radical (unpaired) electrons. The molecule has 0 aliphatic carbocycles. The number of rotatable bonds is 4. The summed E-state index contributed by atoms with van der Waals surface area (Å²) in [6.07, 6.45) is 0.109. The van der Waals surface area contributed by atoms with Gasteiger partial charge in [0.25, 0.3) is 12.3 Å². The molecular formula is C9H8ClF2N5O. The number of nitrogens with one attached hydrogen (secondary N) is 2. The number of aromatic nitrogens is 4. The first-order valence-electron chi connectivity index (χ1n) is 4.88. The lowest BCUT2D eigenvalue weighted by Crippen LogP contribution is -2.14. The summed E-state index contributed by atoms with van der Waals surface area (Å²) in [5.41, 5.74) is 0.318. The summed E-state index contributed by atoms with van der Waals surface area (Å²) in [6, 6.07) is 1.34. The molecule has 2 N–H and O–H groups in total. The van der Waals surface area contributed by atoms with Crippen molar-refractivity contribution < 1.29 is 13.6 Å². The molecule has 0 aliphatic rings. The molecule has 0 aliphatic heterocycles. The first kappa shape index (κ1) is 12.5. The van der Waals surface area contributed by atoms with E-state index in [-0.39, 0.29) is 10.8 Å². The number of hydrogen-bond donors (Lipinski definition) is 2. The van der Waals surface area contributed by atoms with Crippen LogP contribution in [0.25, 0.3) is 0 Å². The number of carbonyl (C=O) groups is 1. The maximum Gasteiger partial charge on any atom is 0.276 e. The Morgan fingerprint density at radius 3 is 3.00 bits per heavy atom. The molecule has 0 fully saturated rings. The average molecular weight is 276 g/mol. The fourth-order valence-electron chi connectivity index (χ4n) is 1.27. The van der Waals surface area contributed by atoms with Crippen LogP contribution in [0.5, 0.6) is 0 Å². The van der Waals surface area contributed by atoms with Crippen molar-refractivity contribution >= 4 is 23.2 Å². The molecule has 0 spiro atoms. The molecule has 2 heterocycles. The predicted octanol–water partition coefficient (Wildman–Crippen LogP) is 1.78. The molecule has 0 aromatic carbocycles. The highest BCUT2D eigenvalue weighted by Gasteiger charge is 2.13. The number of hydrogen-bond acceptors (Lipinski definition) is 3. The summed E-state index contributed by atoms with van der Waals surface area (Å²) in [4.78, 5) is 11.7. The zero-order valence-corrected chi connectivity index (χ0v) is 9.66. The Kier molecular flexibility index (Phi) is 3.56. The van der Waals surface area contributed by atoms with Gasteiger partial charge in [-0.2, -0.15) is 10.2 Å². The Morgan fingerprint density at radius 2 is 2.39 bits per heavy atom. The van der Waals surface area contributed by atoms with E-state index >= 15 is 0 Å². The molecule has 9 heteroatoms. The van der Waals surface area contributed by atoms with Gasteiger partial charge >= 0.3 is 0 Å². The van der Waals surface area contributed by atoms with Crippen LogP contribution < -0.4 is 5.32 Å². The number of H-pyrrole nitrogens is 1. The Morgan fingerprint density at radius 1 is 1.61 bits per heavy atom. The maximum atomic E-state index is 12.1. The van der Waals surface area contributed by atoms with Crippen LogP contribution in [0.3, 0.4) is 0 Å². The summed E-state index contributed by atoms with van der Waals surface area (Å²) in [5.74, 6) is -0.550. The van der Waals surface area contributed by atoms with Gasteiger partial charge in [0.2, 0.25) is 0 Å². The average Bonchev–Trinajstić information content (AvgIpc) is 2.88. The predicted molar refractivity (Wildman–Crippen MR) is 59.8 cm³/mol. The standard InChI is InChI=1S/C9H8ClF2N5O/c10-8-6(3-13-15-8)14-9(18)5-1-2-17(16-5)4-7(11)12/h1-3,7H,4H2,(H,13,15)(H,14,18). The normalized spacial score (nSPS) is 10.9. The minimum atomic E-state index is -2.52. The topological polar surface area (TPSA) is 75.6 Å². The molecule has 0 bridgehead atoms. The van der Waals surface area contributed by atoms with E-state index in [9.17, 15) is 13.6 Å². The van der Waals surface area contributed by atoms with Crippen molar-refractivity contribution in [3.8, 4) is 0 Å². The summed E-state index contributed by atoms with van der Waals surface area (Å²) in [5, 5.41) is 12.4. The number of halogens is 3. The van der Waals surface area contributed by atoms with Gasteiger partial charge in [0.15, 0.2) is 5.69 Å². The van der Waals surface area contributed by atoms with Gasteiger partial charge in [-0.25, -0.2) is 8.78 Å². The van der Waals surface area contributed by atoms with Crippen molar-refractivity contribution in [3.63, 3.8) is 0 Å². The van der Waals surface area contributed by atoms with Crippen LogP contribution in [0.15, 0.2) is 18.5 Å². The van der Waals surface area contributed by atoms with Gasteiger partial charge in [0.05, 0.1) is 11.9 Å². The number of aromatic amines is 1. The Balaban J connectivity index is 2.05. The van der Waals surface area contributed by atoms with Crippen molar-refractivity contribution in [2.75, 3.05) is 5.32 Å². The van der Waals surface area contributed by atoms with Crippen molar-refractivity contribution in [2.45, 2.75) is 13.0 Å². The van der Waals surface area contributed by atoms with E-state index in [2.05, 4.69) is 20.6 Å². The van der Waals surface area contributed by atoms with Crippen LogP contribution >= 0.6 is 11.6 Å². The van der Waals surface area contributed by atoms with Crippen molar-refractivity contribution in [2.24, 2.45) is 0 Å². The van der Waals surface area contributed by atoms with Gasteiger partial charge in [0, 0.05) is 6.20 Å². The number of alkyl halides is 2. The van der Waals surface area contributed by atoms with Crippen LogP contribution in [0.4, 0.5) is 14.5 Å². The maximum absolute atomic E-state index is 12.1. The van der Waals surface area contributed by atoms with E-state index in [1.807, 2.05) is 0 Å². The molecular weight excluding hydrogens is 268 g/mol. The minimum absolute atomic E-state index is 0.0212. The van der Waals surface area contributed by atoms with Crippen molar-refractivity contribution in [1.29, 1.82) is 0 Å². The molecule has 2 aromatic heterocycles. The Hall–Kier alpha value is -1.96. The second-order valence-corrected chi connectivity index (χ2v) is 3.74. The largest absolute Gasteiger partial charge is 0.317 e. The van der Waals surface area contributed by atoms with Crippen LogP contribution in [0.1, 0.15) is 10.5 Å². The van der Waals surface area contributed by atoms with Gasteiger partial charge in [-0.3, -0.25) is 14.6 Å². The molecule has 18 heavy (non-hydrogen) atoms. The highest BCUT2D eigenvalue weighted by atomic mass is 35.5. The summed E-state index contributed by atoms with van der Waals surface area (Å²) in [7, 11) is 0. The second kappa shape index (κ2) is 5.13. The molecule has 2 rings (SSSR count). The van der Waals surface area contributed by atoms with E-state index < -0.39 is 18.9 Å². The first-order valence-corrected chi connectivity index (χ1v) is 5.26. The number of nitrogens with zero attached hydrogens (tertiary/aromatic N) is 3. The molecule has 0 saturated heterocycles. The van der Waals surface area contributed by atoms with Gasteiger partial charge in [-0.15, -0.1) is 0 Å². The minimum Gasteiger partial charge on any atom is -0.317 e. The highest BCUT2D eigenvalue weighted by Crippen LogP contribution is 2.17. The fraction of sp³-hybridized carbons (Fsp3) is 0.222.